The fraction of sp³-hybridized carbons (Fsp3) is 0.500. The van der Waals surface area contributed by atoms with E-state index in [1.807, 2.05) is 0 Å². The third kappa shape index (κ3) is 3.62. The van der Waals surface area contributed by atoms with Crippen molar-refractivity contribution in [2.75, 3.05) is 7.11 Å². The number of hydrogen-bond donors (Lipinski definition) is 0. The second-order valence-corrected chi connectivity index (χ2v) is 4.41. The monoisotopic (exact) mass is 232 g/mol. The first-order valence-corrected chi connectivity index (χ1v) is 6.53. The molecule has 0 fully saturated rings. The zero-order valence-corrected chi connectivity index (χ0v) is 11.5. The van der Waals surface area contributed by atoms with E-state index in [2.05, 4.69) is 51.1 Å². The predicted octanol–water partition coefficient (Wildman–Crippen LogP) is 4.85. The van der Waals surface area contributed by atoms with Crippen LogP contribution in [0.15, 0.2) is 30.4 Å². The fourth-order valence-corrected chi connectivity index (χ4v) is 2.27. The molecule has 1 nitrogen and oxygen atoms in total. The predicted molar refractivity (Wildman–Crippen MR) is 74.8 cm³/mol. The third-order valence-corrected chi connectivity index (χ3v) is 3.23. The van der Waals surface area contributed by atoms with E-state index in [1.165, 1.54) is 11.1 Å². The maximum absolute atomic E-state index is 5.49. The summed E-state index contributed by atoms with van der Waals surface area (Å²) in [7, 11) is 1.76. The van der Waals surface area contributed by atoms with Crippen LogP contribution in [-0.4, -0.2) is 7.11 Å². The highest BCUT2D eigenvalue weighted by Crippen LogP contribution is 2.34. The summed E-state index contributed by atoms with van der Waals surface area (Å²) < 4.78 is 5.49. The molecule has 0 heterocycles. The van der Waals surface area contributed by atoms with E-state index in [9.17, 15) is 0 Å². The van der Waals surface area contributed by atoms with E-state index in [0.717, 1.165) is 25.0 Å². The van der Waals surface area contributed by atoms with E-state index in [0.29, 0.717) is 5.92 Å². The molecule has 0 N–H and O–H groups in total. The van der Waals surface area contributed by atoms with Gasteiger partial charge in [-0.15, -0.1) is 0 Å². The molecule has 1 unspecified atom stereocenters. The van der Waals surface area contributed by atoms with E-state index in [4.69, 9.17) is 4.74 Å². The zero-order chi connectivity index (χ0) is 12.7. The Balaban J connectivity index is 2.97. The molecular weight excluding hydrogens is 208 g/mol. The smallest absolute Gasteiger partial charge is 0.122 e. The molecule has 0 aliphatic carbocycles. The third-order valence-electron chi connectivity index (χ3n) is 3.23. The first kappa shape index (κ1) is 13.8. The van der Waals surface area contributed by atoms with Gasteiger partial charge >= 0.3 is 0 Å². The van der Waals surface area contributed by atoms with Crippen molar-refractivity contribution in [2.24, 2.45) is 0 Å². The van der Waals surface area contributed by atoms with Crippen molar-refractivity contribution < 1.29 is 4.74 Å². The summed E-state index contributed by atoms with van der Waals surface area (Å²) in [6.07, 6.45) is 7.90. The maximum Gasteiger partial charge on any atom is 0.122 e. The second-order valence-electron chi connectivity index (χ2n) is 4.41. The van der Waals surface area contributed by atoms with Crippen molar-refractivity contribution in [3.8, 4) is 5.75 Å². The zero-order valence-electron chi connectivity index (χ0n) is 11.5. The molecule has 0 saturated heterocycles. The SMILES string of the molecule is CC/C=C\CC(CC)c1c(C)cccc1OC. The number of methoxy groups -OCH3 is 1. The van der Waals surface area contributed by atoms with Crippen LogP contribution in [0.3, 0.4) is 0 Å². The van der Waals surface area contributed by atoms with Crippen molar-refractivity contribution in [1.29, 1.82) is 0 Å². The molecule has 1 atom stereocenters. The van der Waals surface area contributed by atoms with Crippen molar-refractivity contribution in [2.45, 2.75) is 46.0 Å². The lowest BCUT2D eigenvalue weighted by atomic mass is 9.89. The molecule has 94 valence electrons. The highest BCUT2D eigenvalue weighted by Gasteiger charge is 2.15. The second kappa shape index (κ2) is 7.16. The average Bonchev–Trinajstić information content (AvgIpc) is 2.35. The van der Waals surface area contributed by atoms with Crippen LogP contribution in [0, 0.1) is 6.92 Å². The van der Waals surface area contributed by atoms with E-state index >= 15 is 0 Å². The largest absolute Gasteiger partial charge is 0.496 e. The first-order valence-electron chi connectivity index (χ1n) is 6.53. The van der Waals surface area contributed by atoms with Crippen LogP contribution in [0.1, 0.15) is 50.2 Å². The Kier molecular flexibility index (Phi) is 5.82. The van der Waals surface area contributed by atoms with Gasteiger partial charge in [-0.25, -0.2) is 0 Å². The minimum Gasteiger partial charge on any atom is -0.496 e. The average molecular weight is 232 g/mol. The highest BCUT2D eigenvalue weighted by atomic mass is 16.5. The molecule has 0 aromatic heterocycles. The van der Waals surface area contributed by atoms with Crippen LogP contribution in [0.5, 0.6) is 5.75 Å². The summed E-state index contributed by atoms with van der Waals surface area (Å²) in [5, 5.41) is 0. The molecule has 0 aliphatic heterocycles. The highest BCUT2D eigenvalue weighted by molar-refractivity contribution is 5.42. The van der Waals surface area contributed by atoms with Gasteiger partial charge in [-0.2, -0.15) is 0 Å². The lowest BCUT2D eigenvalue weighted by Crippen LogP contribution is -2.02. The topological polar surface area (TPSA) is 9.23 Å². The molecule has 17 heavy (non-hydrogen) atoms. The van der Waals surface area contributed by atoms with E-state index in [-0.39, 0.29) is 0 Å². The first-order chi connectivity index (χ1) is 8.24. The van der Waals surface area contributed by atoms with Gasteiger partial charge in [0.15, 0.2) is 0 Å². The van der Waals surface area contributed by atoms with Gasteiger partial charge in [0.05, 0.1) is 7.11 Å². The molecule has 0 amide bonds. The Bertz CT molecular complexity index is 366. The minimum atomic E-state index is 0.564. The minimum absolute atomic E-state index is 0.564. The molecule has 1 aromatic rings. The van der Waals surface area contributed by atoms with Crippen LogP contribution in [-0.2, 0) is 0 Å². The number of aryl methyl sites for hydroxylation is 1. The standard InChI is InChI=1S/C16H24O/c1-5-7-8-11-14(6-2)16-13(3)10-9-12-15(16)17-4/h7-10,12,14H,5-6,11H2,1-4H3/b8-7-. The Morgan fingerprint density at radius 2 is 2.00 bits per heavy atom. The normalized spacial score (nSPS) is 12.9. The Labute approximate surface area is 106 Å². The summed E-state index contributed by atoms with van der Waals surface area (Å²) in [5.74, 6) is 1.59. The summed E-state index contributed by atoms with van der Waals surface area (Å²) in [6, 6.07) is 6.30. The van der Waals surface area contributed by atoms with Crippen LogP contribution in [0.2, 0.25) is 0 Å². The van der Waals surface area contributed by atoms with Crippen molar-refractivity contribution in [1.82, 2.24) is 0 Å². The van der Waals surface area contributed by atoms with Gasteiger partial charge in [0.1, 0.15) is 5.75 Å². The number of rotatable bonds is 6. The van der Waals surface area contributed by atoms with Gasteiger partial charge in [-0.1, -0.05) is 38.1 Å². The van der Waals surface area contributed by atoms with Crippen LogP contribution >= 0.6 is 0 Å². The van der Waals surface area contributed by atoms with Gasteiger partial charge < -0.3 is 4.74 Å². The fourth-order valence-electron chi connectivity index (χ4n) is 2.27. The summed E-state index contributed by atoms with van der Waals surface area (Å²) >= 11 is 0. The molecule has 0 spiro atoms. The summed E-state index contributed by atoms with van der Waals surface area (Å²) in [6.45, 7) is 6.59. The van der Waals surface area contributed by atoms with Crippen LogP contribution in [0.4, 0.5) is 0 Å². The van der Waals surface area contributed by atoms with Gasteiger partial charge in [0.25, 0.3) is 0 Å². The molecule has 0 aliphatic rings. The van der Waals surface area contributed by atoms with Crippen LogP contribution in [0.25, 0.3) is 0 Å². The van der Waals surface area contributed by atoms with Gasteiger partial charge in [-0.3, -0.25) is 0 Å². The Morgan fingerprint density at radius 1 is 1.24 bits per heavy atom. The number of benzene rings is 1. The molecular formula is C16H24O. The van der Waals surface area contributed by atoms with Gasteiger partial charge in [0.2, 0.25) is 0 Å². The van der Waals surface area contributed by atoms with Crippen LogP contribution < -0.4 is 4.74 Å². The van der Waals surface area contributed by atoms with E-state index in [1.54, 1.807) is 7.11 Å². The molecule has 1 heteroatoms. The lowest BCUT2D eigenvalue weighted by Gasteiger charge is -2.19. The number of ether oxygens (including phenoxy) is 1. The number of hydrogen-bond acceptors (Lipinski definition) is 1. The van der Waals surface area contributed by atoms with E-state index < -0.39 is 0 Å². The molecule has 0 bridgehead atoms. The maximum atomic E-state index is 5.49. The van der Waals surface area contributed by atoms with Crippen molar-refractivity contribution >= 4 is 0 Å². The molecule has 0 radical (unpaired) electrons. The summed E-state index contributed by atoms with van der Waals surface area (Å²) in [4.78, 5) is 0. The van der Waals surface area contributed by atoms with Crippen molar-refractivity contribution in [3.63, 3.8) is 0 Å². The quantitative estimate of drug-likeness (QED) is 0.637. The Morgan fingerprint density at radius 3 is 2.59 bits per heavy atom. The Hall–Kier alpha value is -1.24. The van der Waals surface area contributed by atoms with Gasteiger partial charge in [-0.05, 0) is 43.7 Å². The van der Waals surface area contributed by atoms with Crippen molar-refractivity contribution in [3.05, 3.63) is 41.5 Å². The molecule has 0 saturated carbocycles. The lowest BCUT2D eigenvalue weighted by molar-refractivity contribution is 0.404. The summed E-state index contributed by atoms with van der Waals surface area (Å²) in [5.41, 5.74) is 2.71. The molecule has 1 rings (SSSR count). The van der Waals surface area contributed by atoms with Gasteiger partial charge in [0, 0.05) is 5.56 Å². The molecule has 1 aromatic carbocycles. The number of allylic oxidation sites excluding steroid dienone is 2.